The van der Waals surface area contributed by atoms with Crippen molar-refractivity contribution in [2.45, 2.75) is 39.0 Å². The first kappa shape index (κ1) is 23.2. The van der Waals surface area contributed by atoms with Crippen LogP contribution in [0, 0.1) is 5.41 Å². The second-order valence-electron chi connectivity index (χ2n) is 8.92. The topological polar surface area (TPSA) is 113 Å². The summed E-state index contributed by atoms with van der Waals surface area (Å²) in [5.41, 5.74) is 3.40. The van der Waals surface area contributed by atoms with Crippen molar-refractivity contribution in [1.82, 2.24) is 9.97 Å². The molecule has 1 aliphatic carbocycles. The summed E-state index contributed by atoms with van der Waals surface area (Å²) in [5.74, 6) is -0.451. The Morgan fingerprint density at radius 1 is 1.00 bits per heavy atom. The van der Waals surface area contributed by atoms with Crippen LogP contribution < -0.4 is 15.4 Å². The summed E-state index contributed by atoms with van der Waals surface area (Å²) < 4.78 is 5.54. The molecule has 0 aliphatic heterocycles. The Hall–Kier alpha value is -3.94. The van der Waals surface area contributed by atoms with E-state index in [1.165, 1.54) is 0 Å². The smallest absolute Gasteiger partial charge is 0.323 e. The van der Waals surface area contributed by atoms with Gasteiger partial charge in [0.25, 0.3) is 0 Å². The molecule has 2 amide bonds. The van der Waals surface area contributed by atoms with Crippen LogP contribution in [0.1, 0.15) is 44.6 Å². The van der Waals surface area contributed by atoms with Gasteiger partial charge >= 0.3 is 18.0 Å². The maximum atomic E-state index is 12.4. The summed E-state index contributed by atoms with van der Waals surface area (Å²) in [6.45, 7) is 4.29. The lowest BCUT2D eigenvalue weighted by atomic mass is 9.69. The molecule has 0 saturated heterocycles. The summed E-state index contributed by atoms with van der Waals surface area (Å²) in [6.07, 6.45) is 5.39. The number of aliphatic carboxylic acids is 1. The summed E-state index contributed by atoms with van der Waals surface area (Å²) in [4.78, 5) is 32.2. The van der Waals surface area contributed by atoms with E-state index < -0.39 is 11.4 Å². The van der Waals surface area contributed by atoms with Crippen molar-refractivity contribution in [2.75, 3.05) is 17.2 Å². The third-order valence-electron chi connectivity index (χ3n) is 6.16. The Balaban J connectivity index is 1.33. The molecule has 34 heavy (non-hydrogen) atoms. The van der Waals surface area contributed by atoms with Crippen LogP contribution in [-0.2, 0) is 4.79 Å². The highest BCUT2D eigenvalue weighted by molar-refractivity contribution is 5.99. The molecule has 0 spiro atoms. The Morgan fingerprint density at radius 3 is 2.26 bits per heavy atom. The van der Waals surface area contributed by atoms with E-state index >= 15 is 0 Å². The van der Waals surface area contributed by atoms with Gasteiger partial charge in [0, 0.05) is 29.3 Å². The van der Waals surface area contributed by atoms with E-state index in [2.05, 4.69) is 34.4 Å². The average Bonchev–Trinajstić information content (AvgIpc) is 2.79. The quantitative estimate of drug-likeness (QED) is 0.406. The Morgan fingerprint density at radius 2 is 1.68 bits per heavy atom. The predicted octanol–water partition coefficient (Wildman–Crippen LogP) is 5.54. The van der Waals surface area contributed by atoms with Crippen LogP contribution >= 0.6 is 0 Å². The highest BCUT2D eigenvalue weighted by atomic mass is 16.5. The largest absolute Gasteiger partial charge is 0.481 e. The number of carbonyl (C=O) groups excluding carboxylic acids is 1. The molecule has 0 atom stereocenters. The summed E-state index contributed by atoms with van der Waals surface area (Å²) in [6, 6.07) is 15.0. The van der Waals surface area contributed by atoms with Gasteiger partial charge in [0.15, 0.2) is 0 Å². The first-order valence-corrected chi connectivity index (χ1v) is 11.3. The second-order valence-corrected chi connectivity index (χ2v) is 8.92. The zero-order valence-corrected chi connectivity index (χ0v) is 19.2. The number of anilines is 2. The van der Waals surface area contributed by atoms with Crippen LogP contribution in [0.3, 0.4) is 0 Å². The number of aromatic nitrogens is 2. The lowest BCUT2D eigenvalue weighted by Gasteiger charge is -2.36. The van der Waals surface area contributed by atoms with Gasteiger partial charge in [0.1, 0.15) is 12.0 Å². The van der Waals surface area contributed by atoms with Crippen LogP contribution in [0.5, 0.6) is 6.01 Å². The Bertz CT molecular complexity index is 1160. The lowest BCUT2D eigenvalue weighted by molar-refractivity contribution is -0.157. The molecular weight excluding hydrogens is 432 g/mol. The molecule has 3 N–H and O–H groups in total. The van der Waals surface area contributed by atoms with E-state index in [0.717, 1.165) is 28.8 Å². The van der Waals surface area contributed by atoms with Gasteiger partial charge in [-0.05, 0) is 54.2 Å². The third kappa shape index (κ3) is 5.33. The lowest BCUT2D eigenvalue weighted by Crippen LogP contribution is -2.43. The summed E-state index contributed by atoms with van der Waals surface area (Å²) in [7, 11) is 0. The molecule has 4 rings (SSSR count). The van der Waals surface area contributed by atoms with Crippen LogP contribution in [-0.4, -0.2) is 33.7 Å². The minimum Gasteiger partial charge on any atom is -0.481 e. The maximum Gasteiger partial charge on any atom is 0.323 e. The molecular formula is C26H28N4O4. The number of urea groups is 1. The van der Waals surface area contributed by atoms with Crippen molar-refractivity contribution in [3.8, 4) is 17.1 Å². The maximum absolute atomic E-state index is 12.4. The molecule has 8 heteroatoms. The number of carboxylic acid groups (broad SMARTS) is 1. The van der Waals surface area contributed by atoms with Crippen LogP contribution in [0.25, 0.3) is 11.1 Å². The molecule has 1 heterocycles. The van der Waals surface area contributed by atoms with E-state index in [9.17, 15) is 14.7 Å². The van der Waals surface area contributed by atoms with Crippen molar-refractivity contribution in [3.63, 3.8) is 0 Å². The van der Waals surface area contributed by atoms with Gasteiger partial charge in [0.2, 0.25) is 0 Å². The molecule has 1 fully saturated rings. The number of ether oxygens (including phenoxy) is 1. The normalized spacial score (nSPS) is 14.2. The molecule has 0 unspecified atom stereocenters. The minimum absolute atomic E-state index is 0.0753. The highest BCUT2D eigenvalue weighted by Crippen LogP contribution is 2.41. The number of benzene rings is 2. The van der Waals surface area contributed by atoms with Crippen molar-refractivity contribution >= 4 is 23.4 Å². The SMILES string of the molecule is CC(C)c1cccc(NC(=O)Nc2ccc(-c3cnc(OCC4(C(=O)O)CCC4)nc3)cc2)c1. The fourth-order valence-corrected chi connectivity index (χ4v) is 3.78. The summed E-state index contributed by atoms with van der Waals surface area (Å²) in [5, 5.41) is 15.1. The van der Waals surface area contributed by atoms with Crippen molar-refractivity contribution < 1.29 is 19.4 Å². The van der Waals surface area contributed by atoms with Crippen molar-refractivity contribution in [3.05, 3.63) is 66.5 Å². The zero-order valence-electron chi connectivity index (χ0n) is 19.2. The van der Waals surface area contributed by atoms with Crippen molar-refractivity contribution in [2.24, 2.45) is 5.41 Å². The fourth-order valence-electron chi connectivity index (χ4n) is 3.78. The van der Waals surface area contributed by atoms with Gasteiger partial charge in [-0.15, -0.1) is 0 Å². The Kier molecular flexibility index (Phi) is 6.77. The van der Waals surface area contributed by atoms with Gasteiger partial charge < -0.3 is 20.5 Å². The van der Waals surface area contributed by atoms with E-state index in [-0.39, 0.29) is 18.6 Å². The Labute approximate surface area is 198 Å². The van der Waals surface area contributed by atoms with Gasteiger partial charge in [0.05, 0.1) is 0 Å². The standard InChI is InChI=1S/C26H28N4O4/c1-17(2)19-5-3-6-22(13-19)30-24(33)29-21-9-7-18(8-10-21)20-14-27-25(28-15-20)34-16-26(23(31)32)11-4-12-26/h3,5-10,13-15,17H,4,11-12,16H2,1-2H3,(H,31,32)(H2,29,30,33). The molecule has 8 nitrogen and oxygen atoms in total. The van der Waals surface area contributed by atoms with Gasteiger partial charge in [-0.2, -0.15) is 0 Å². The zero-order chi connectivity index (χ0) is 24.1. The number of hydrogen-bond donors (Lipinski definition) is 3. The first-order valence-electron chi connectivity index (χ1n) is 11.3. The van der Waals surface area contributed by atoms with E-state index in [0.29, 0.717) is 24.4 Å². The molecule has 1 aliphatic rings. The molecule has 0 bridgehead atoms. The molecule has 2 aromatic carbocycles. The molecule has 3 aromatic rings. The van der Waals surface area contributed by atoms with Crippen molar-refractivity contribution in [1.29, 1.82) is 0 Å². The van der Waals surface area contributed by atoms with Crippen LogP contribution in [0.2, 0.25) is 0 Å². The molecule has 1 saturated carbocycles. The van der Waals surface area contributed by atoms with Crippen LogP contribution in [0.15, 0.2) is 60.9 Å². The number of carbonyl (C=O) groups is 2. The number of carboxylic acids is 1. The van der Waals surface area contributed by atoms with E-state index in [4.69, 9.17) is 4.74 Å². The van der Waals surface area contributed by atoms with Gasteiger partial charge in [-0.1, -0.05) is 44.5 Å². The number of hydrogen-bond acceptors (Lipinski definition) is 5. The number of nitrogens with one attached hydrogen (secondary N) is 2. The van der Waals surface area contributed by atoms with Gasteiger partial charge in [-0.25, -0.2) is 14.8 Å². The first-order chi connectivity index (χ1) is 16.3. The highest BCUT2D eigenvalue weighted by Gasteiger charge is 2.45. The minimum atomic E-state index is -0.832. The molecule has 1 aromatic heterocycles. The second kappa shape index (κ2) is 9.91. The van der Waals surface area contributed by atoms with Gasteiger partial charge in [-0.3, -0.25) is 4.79 Å². The van der Waals surface area contributed by atoms with E-state index in [1.54, 1.807) is 24.5 Å². The fraction of sp³-hybridized carbons (Fsp3) is 0.308. The molecule has 0 radical (unpaired) electrons. The number of nitrogens with zero attached hydrogens (tertiary/aromatic N) is 2. The third-order valence-corrected chi connectivity index (χ3v) is 6.16. The van der Waals surface area contributed by atoms with Crippen LogP contribution in [0.4, 0.5) is 16.2 Å². The average molecular weight is 461 g/mol. The molecule has 176 valence electrons. The monoisotopic (exact) mass is 460 g/mol. The number of amides is 2. The van der Waals surface area contributed by atoms with E-state index in [1.807, 2.05) is 36.4 Å². The predicted molar refractivity (Wildman–Crippen MR) is 130 cm³/mol. The number of rotatable bonds is 8. The summed E-state index contributed by atoms with van der Waals surface area (Å²) >= 11 is 0.